The summed E-state index contributed by atoms with van der Waals surface area (Å²) in [6.07, 6.45) is 1.82. The van der Waals surface area contributed by atoms with Gasteiger partial charge in [-0.05, 0) is 53.4 Å². The third-order valence-corrected chi connectivity index (χ3v) is 4.48. The van der Waals surface area contributed by atoms with E-state index in [0.29, 0.717) is 22.3 Å². The number of pyridine rings is 1. The van der Waals surface area contributed by atoms with Crippen molar-refractivity contribution >= 4 is 33.0 Å². The molecule has 0 saturated heterocycles. The maximum atomic E-state index is 12.2. The first-order valence-corrected chi connectivity index (χ1v) is 8.51. The van der Waals surface area contributed by atoms with Crippen molar-refractivity contribution in [3.8, 4) is 0 Å². The Labute approximate surface area is 148 Å². The number of rotatable bonds is 2. The zero-order chi connectivity index (χ0) is 18.0. The van der Waals surface area contributed by atoms with E-state index >= 15 is 0 Å². The molecule has 0 aliphatic heterocycles. The van der Waals surface area contributed by atoms with Crippen molar-refractivity contribution < 1.29 is 0 Å². The number of nitrogens with one attached hydrogen (secondary N) is 1. The number of nitrogens with zero attached hydrogens (tertiary/aromatic N) is 4. The van der Waals surface area contributed by atoms with Gasteiger partial charge in [-0.15, -0.1) is 0 Å². The van der Waals surface area contributed by atoms with Crippen LogP contribution in [0.5, 0.6) is 0 Å². The molecule has 128 valence electrons. The van der Waals surface area contributed by atoms with Crippen LogP contribution in [-0.4, -0.2) is 24.5 Å². The number of aryl methyl sites for hydroxylation is 1. The first kappa shape index (κ1) is 18.1. The quantitative estimate of drug-likeness (QED) is 0.652. The molecule has 0 unspecified atom stereocenters. The molecule has 0 saturated carbocycles. The Balaban J connectivity index is 0.00000100. The number of nitrogens with two attached hydrogens (primary N) is 1. The molecule has 24 heavy (non-hydrogen) atoms. The van der Waals surface area contributed by atoms with Crippen molar-refractivity contribution in [1.82, 2.24) is 24.5 Å². The van der Waals surface area contributed by atoms with Gasteiger partial charge in [-0.25, -0.2) is 9.78 Å². The molecule has 0 amide bonds. The van der Waals surface area contributed by atoms with Crippen LogP contribution in [-0.2, 0) is 6.54 Å². The summed E-state index contributed by atoms with van der Waals surface area (Å²) in [5.74, 6) is 0.108. The molecule has 0 bridgehead atoms. The van der Waals surface area contributed by atoms with Crippen molar-refractivity contribution in [2.75, 3.05) is 5.73 Å². The highest BCUT2D eigenvalue weighted by Gasteiger charge is 2.15. The standard InChI is InChI=1S/C14H15BrN6O.C2H6/c1-6-4-17-9(8(3)7(6)2)5-21-12-10(18-14(21)22)11(15)19-13(16)20-12;1-2/h4H,5H2,1-3H3,(H,18,22)(H2,16,19,20);1-2H3. The van der Waals surface area contributed by atoms with Gasteiger partial charge < -0.3 is 10.7 Å². The van der Waals surface area contributed by atoms with Gasteiger partial charge in [0.1, 0.15) is 10.1 Å². The topological polar surface area (TPSA) is 102 Å². The van der Waals surface area contributed by atoms with E-state index in [1.165, 1.54) is 10.1 Å². The summed E-state index contributed by atoms with van der Waals surface area (Å²) in [5.41, 5.74) is 10.6. The lowest BCUT2D eigenvalue weighted by Gasteiger charge is -2.10. The van der Waals surface area contributed by atoms with Crippen LogP contribution in [0.1, 0.15) is 36.2 Å². The second-order valence-corrected chi connectivity index (χ2v) is 5.98. The number of H-pyrrole nitrogens is 1. The average Bonchev–Trinajstić information content (AvgIpc) is 2.86. The molecule has 3 aromatic heterocycles. The van der Waals surface area contributed by atoms with Crippen LogP contribution in [0, 0.1) is 20.8 Å². The largest absolute Gasteiger partial charge is 0.368 e. The van der Waals surface area contributed by atoms with Gasteiger partial charge in [0.2, 0.25) is 5.95 Å². The van der Waals surface area contributed by atoms with Crippen molar-refractivity contribution in [3.63, 3.8) is 0 Å². The summed E-state index contributed by atoms with van der Waals surface area (Å²) in [7, 11) is 0. The minimum atomic E-state index is -0.268. The normalized spacial score (nSPS) is 10.6. The van der Waals surface area contributed by atoms with Crippen molar-refractivity contribution in [2.45, 2.75) is 41.2 Å². The Morgan fingerprint density at radius 2 is 1.88 bits per heavy atom. The number of aromatic amines is 1. The second kappa shape index (κ2) is 7.12. The van der Waals surface area contributed by atoms with Gasteiger partial charge in [-0.3, -0.25) is 9.55 Å². The summed E-state index contributed by atoms with van der Waals surface area (Å²) in [4.78, 5) is 27.6. The Kier molecular flexibility index (Phi) is 5.38. The summed E-state index contributed by atoms with van der Waals surface area (Å²) >= 11 is 3.29. The predicted molar refractivity (Wildman–Crippen MR) is 99.2 cm³/mol. The predicted octanol–water partition coefficient (Wildman–Crippen LogP) is 2.86. The summed E-state index contributed by atoms with van der Waals surface area (Å²) in [6.45, 7) is 10.4. The van der Waals surface area contributed by atoms with Gasteiger partial charge in [0.25, 0.3) is 0 Å². The fourth-order valence-electron chi connectivity index (χ4n) is 2.35. The molecular weight excluding hydrogens is 372 g/mol. The lowest BCUT2D eigenvalue weighted by atomic mass is 10.0. The number of hydrogen-bond acceptors (Lipinski definition) is 5. The maximum absolute atomic E-state index is 12.2. The molecule has 0 aliphatic rings. The summed E-state index contributed by atoms with van der Waals surface area (Å²) in [6, 6.07) is 0. The molecule has 0 aromatic carbocycles. The van der Waals surface area contributed by atoms with E-state index in [1.807, 2.05) is 40.8 Å². The maximum Gasteiger partial charge on any atom is 0.328 e. The smallest absolute Gasteiger partial charge is 0.328 e. The van der Waals surface area contributed by atoms with Crippen LogP contribution in [0.2, 0.25) is 0 Å². The lowest BCUT2D eigenvalue weighted by molar-refractivity contribution is 0.748. The van der Waals surface area contributed by atoms with E-state index in [4.69, 9.17) is 5.73 Å². The Morgan fingerprint density at radius 1 is 1.21 bits per heavy atom. The first-order chi connectivity index (χ1) is 11.4. The van der Waals surface area contributed by atoms with E-state index in [9.17, 15) is 4.79 Å². The van der Waals surface area contributed by atoms with Crippen LogP contribution >= 0.6 is 15.9 Å². The van der Waals surface area contributed by atoms with E-state index in [2.05, 4.69) is 35.9 Å². The number of hydrogen-bond donors (Lipinski definition) is 2. The van der Waals surface area contributed by atoms with Crippen LogP contribution in [0.3, 0.4) is 0 Å². The molecule has 0 spiro atoms. The van der Waals surface area contributed by atoms with Gasteiger partial charge in [-0.2, -0.15) is 4.98 Å². The number of imidazole rings is 1. The SMILES string of the molecule is CC.Cc1cnc(Cn2c(=O)[nH]c3c(Br)nc(N)nc32)c(C)c1C. The average molecular weight is 393 g/mol. The van der Waals surface area contributed by atoms with Crippen molar-refractivity contribution in [1.29, 1.82) is 0 Å². The monoisotopic (exact) mass is 392 g/mol. The van der Waals surface area contributed by atoms with Crippen LogP contribution in [0.4, 0.5) is 5.95 Å². The first-order valence-electron chi connectivity index (χ1n) is 7.71. The highest BCUT2D eigenvalue weighted by molar-refractivity contribution is 9.10. The van der Waals surface area contributed by atoms with E-state index < -0.39 is 0 Å². The molecule has 0 aliphatic carbocycles. The molecule has 7 nitrogen and oxygen atoms in total. The Bertz CT molecular complexity index is 944. The highest BCUT2D eigenvalue weighted by atomic mass is 79.9. The van der Waals surface area contributed by atoms with E-state index in [0.717, 1.165) is 16.8 Å². The lowest BCUT2D eigenvalue weighted by Crippen LogP contribution is -2.19. The molecule has 3 heterocycles. The molecule has 0 atom stereocenters. The van der Waals surface area contributed by atoms with Gasteiger partial charge in [0.05, 0.1) is 12.2 Å². The van der Waals surface area contributed by atoms with Crippen LogP contribution < -0.4 is 11.4 Å². The van der Waals surface area contributed by atoms with Gasteiger partial charge in [0.15, 0.2) is 5.65 Å². The highest BCUT2D eigenvalue weighted by Crippen LogP contribution is 2.20. The molecule has 0 radical (unpaired) electrons. The van der Waals surface area contributed by atoms with E-state index in [1.54, 1.807) is 0 Å². The number of nitrogen functional groups attached to an aromatic ring is 1. The van der Waals surface area contributed by atoms with Crippen LogP contribution in [0.15, 0.2) is 15.6 Å². The number of halogens is 1. The molecule has 3 N–H and O–H groups in total. The number of aromatic nitrogens is 5. The third kappa shape index (κ3) is 3.19. The number of anilines is 1. The molecule has 0 fully saturated rings. The minimum Gasteiger partial charge on any atom is -0.368 e. The van der Waals surface area contributed by atoms with Gasteiger partial charge in [-0.1, -0.05) is 13.8 Å². The van der Waals surface area contributed by atoms with Crippen molar-refractivity contribution in [2.24, 2.45) is 0 Å². The van der Waals surface area contributed by atoms with Crippen molar-refractivity contribution in [3.05, 3.63) is 43.7 Å². The van der Waals surface area contributed by atoms with Gasteiger partial charge >= 0.3 is 5.69 Å². The third-order valence-electron chi connectivity index (χ3n) is 3.90. The Morgan fingerprint density at radius 3 is 2.54 bits per heavy atom. The zero-order valence-electron chi connectivity index (χ0n) is 14.4. The zero-order valence-corrected chi connectivity index (χ0v) is 16.0. The fraction of sp³-hybridized carbons (Fsp3) is 0.375. The molecular formula is C16H21BrN6O. The van der Waals surface area contributed by atoms with Crippen LogP contribution in [0.25, 0.3) is 11.2 Å². The number of fused-ring (bicyclic) bond motifs is 1. The summed E-state index contributed by atoms with van der Waals surface area (Å²) < 4.78 is 1.98. The van der Waals surface area contributed by atoms with Gasteiger partial charge in [0, 0.05) is 6.20 Å². The fourth-order valence-corrected chi connectivity index (χ4v) is 2.81. The molecule has 8 heteroatoms. The Hall–Kier alpha value is -2.22. The second-order valence-electron chi connectivity index (χ2n) is 5.23. The summed E-state index contributed by atoms with van der Waals surface area (Å²) in [5, 5.41) is 0. The van der Waals surface area contributed by atoms with E-state index in [-0.39, 0.29) is 11.6 Å². The molecule has 3 rings (SSSR count). The molecule has 3 aromatic rings. The minimum absolute atomic E-state index is 0.108.